The van der Waals surface area contributed by atoms with Crippen molar-refractivity contribution in [1.29, 1.82) is 0 Å². The van der Waals surface area contributed by atoms with Gasteiger partial charge in [-0.2, -0.15) is 23.3 Å². The number of nitrogens with one attached hydrogen (secondary N) is 2. The van der Waals surface area contributed by atoms with E-state index < -0.39 is 17.6 Å². The number of aliphatic imine (C=N–C) groups is 1. The number of dihydropyridines is 1. The van der Waals surface area contributed by atoms with Crippen LogP contribution in [-0.4, -0.2) is 59.2 Å². The van der Waals surface area contributed by atoms with Crippen LogP contribution in [0.15, 0.2) is 65.0 Å². The van der Waals surface area contributed by atoms with Crippen LogP contribution < -0.4 is 15.6 Å². The molecule has 0 radical (unpaired) electrons. The van der Waals surface area contributed by atoms with Crippen molar-refractivity contribution < 1.29 is 22.3 Å². The number of halogens is 4. The predicted octanol–water partition coefficient (Wildman–Crippen LogP) is 5.58. The van der Waals surface area contributed by atoms with Crippen LogP contribution in [0.3, 0.4) is 0 Å². The van der Waals surface area contributed by atoms with Crippen molar-refractivity contribution in [2.75, 3.05) is 41.9 Å². The number of morpholine rings is 1. The van der Waals surface area contributed by atoms with E-state index in [4.69, 9.17) is 4.74 Å². The van der Waals surface area contributed by atoms with Gasteiger partial charge in [-0.15, -0.1) is 0 Å². The highest BCUT2D eigenvalue weighted by molar-refractivity contribution is 6.10. The number of aromatic nitrogens is 3. The van der Waals surface area contributed by atoms with Crippen LogP contribution >= 0.6 is 0 Å². The van der Waals surface area contributed by atoms with Crippen LogP contribution in [0.2, 0.25) is 0 Å². The van der Waals surface area contributed by atoms with Crippen molar-refractivity contribution in [2.24, 2.45) is 10.1 Å². The van der Waals surface area contributed by atoms with Crippen LogP contribution in [0.4, 0.5) is 40.7 Å². The van der Waals surface area contributed by atoms with Crippen molar-refractivity contribution in [3.8, 4) is 0 Å². The molecule has 13 heteroatoms. The molecule has 0 spiro atoms. The Morgan fingerprint density at radius 2 is 1.90 bits per heavy atom. The number of nitrogens with zero attached hydrogens (tertiary/aromatic N) is 6. The number of allylic oxidation sites excluding steroid dienone is 1. The minimum absolute atomic E-state index is 0.0204. The highest BCUT2D eigenvalue weighted by atomic mass is 19.4. The first-order valence-electron chi connectivity index (χ1n) is 13.1. The van der Waals surface area contributed by atoms with Gasteiger partial charge in [0.25, 0.3) is 0 Å². The lowest BCUT2D eigenvalue weighted by Gasteiger charge is -2.27. The molecule has 1 unspecified atom stereocenters. The molecule has 1 saturated heterocycles. The number of hydrogen-bond acceptors (Lipinski definition) is 9. The second-order valence-electron chi connectivity index (χ2n) is 9.40. The summed E-state index contributed by atoms with van der Waals surface area (Å²) in [6.07, 6.45) is 4.42. The Labute approximate surface area is 234 Å². The fourth-order valence-corrected chi connectivity index (χ4v) is 4.41. The van der Waals surface area contributed by atoms with Gasteiger partial charge in [0.15, 0.2) is 11.6 Å². The fraction of sp³-hybridized carbons (Fsp3) is 0.321. The van der Waals surface area contributed by atoms with E-state index in [1.165, 1.54) is 18.5 Å². The molecule has 9 nitrogen and oxygen atoms in total. The minimum Gasteiger partial charge on any atom is -0.378 e. The fourth-order valence-electron chi connectivity index (χ4n) is 4.41. The number of alkyl halides is 3. The first-order chi connectivity index (χ1) is 19.8. The summed E-state index contributed by atoms with van der Waals surface area (Å²) in [5.74, 6) is -0.247. The molecule has 0 saturated carbocycles. The van der Waals surface area contributed by atoms with E-state index in [9.17, 15) is 17.6 Å². The Kier molecular flexibility index (Phi) is 8.53. The van der Waals surface area contributed by atoms with Gasteiger partial charge in [-0.1, -0.05) is 19.1 Å². The van der Waals surface area contributed by atoms with E-state index in [0.717, 1.165) is 25.1 Å². The number of ether oxygens (including phenoxy) is 1. The molecule has 1 fully saturated rings. The SMILES string of the molecule is CCC1CC=CC(c2ccc(Nc3ccc(/C=N/Nc4ncc(F)c(N5CCOCC5)n4)nc3)cc2C(F)(F)F)=N1. The summed E-state index contributed by atoms with van der Waals surface area (Å²) >= 11 is 0. The lowest BCUT2D eigenvalue weighted by molar-refractivity contribution is -0.137. The number of hydrazone groups is 1. The summed E-state index contributed by atoms with van der Waals surface area (Å²) in [6.45, 7) is 3.99. The minimum atomic E-state index is -4.55. The van der Waals surface area contributed by atoms with Crippen LogP contribution in [0.1, 0.15) is 36.6 Å². The van der Waals surface area contributed by atoms with Crippen LogP contribution in [0, 0.1) is 5.82 Å². The second kappa shape index (κ2) is 12.4. The predicted molar refractivity (Wildman–Crippen MR) is 150 cm³/mol. The quantitative estimate of drug-likeness (QED) is 0.208. The van der Waals surface area contributed by atoms with Crippen molar-refractivity contribution in [1.82, 2.24) is 15.0 Å². The summed E-state index contributed by atoms with van der Waals surface area (Å²) in [4.78, 5) is 18.6. The molecule has 214 valence electrons. The molecule has 2 N–H and O–H groups in total. The third-order valence-electron chi connectivity index (χ3n) is 6.55. The van der Waals surface area contributed by atoms with Crippen LogP contribution in [0.5, 0.6) is 0 Å². The Morgan fingerprint density at radius 3 is 2.63 bits per heavy atom. The molecule has 3 aromatic rings. The summed E-state index contributed by atoms with van der Waals surface area (Å²) in [5.41, 5.74) is 3.52. The molecular weight excluding hydrogens is 540 g/mol. The van der Waals surface area contributed by atoms with E-state index in [-0.39, 0.29) is 29.1 Å². The Hall–Kier alpha value is -4.39. The molecule has 41 heavy (non-hydrogen) atoms. The molecule has 2 aliphatic rings. The molecule has 2 aliphatic heterocycles. The average molecular weight is 569 g/mol. The van der Waals surface area contributed by atoms with E-state index in [2.05, 4.69) is 35.8 Å². The van der Waals surface area contributed by atoms with E-state index in [1.54, 1.807) is 29.2 Å². The van der Waals surface area contributed by atoms with E-state index in [0.29, 0.717) is 43.4 Å². The zero-order chi connectivity index (χ0) is 28.8. The van der Waals surface area contributed by atoms with Crippen molar-refractivity contribution in [3.05, 3.63) is 77.5 Å². The maximum absolute atomic E-state index is 14.2. The highest BCUT2D eigenvalue weighted by Gasteiger charge is 2.35. The summed E-state index contributed by atoms with van der Waals surface area (Å²) in [5, 5.41) is 7.02. The third-order valence-corrected chi connectivity index (χ3v) is 6.55. The lowest BCUT2D eigenvalue weighted by atomic mass is 9.97. The number of anilines is 4. The van der Waals surface area contributed by atoms with Gasteiger partial charge in [0.2, 0.25) is 5.95 Å². The summed E-state index contributed by atoms with van der Waals surface area (Å²) < 4.78 is 61.4. The van der Waals surface area contributed by atoms with E-state index in [1.807, 2.05) is 13.0 Å². The molecule has 1 aromatic carbocycles. The van der Waals surface area contributed by atoms with Gasteiger partial charge in [0.1, 0.15) is 0 Å². The molecular formula is C28H28F4N8O. The van der Waals surface area contributed by atoms with Gasteiger partial charge < -0.3 is 15.0 Å². The van der Waals surface area contributed by atoms with E-state index >= 15 is 0 Å². The zero-order valence-electron chi connectivity index (χ0n) is 22.2. The molecule has 0 bridgehead atoms. The molecule has 2 aromatic heterocycles. The van der Waals surface area contributed by atoms with Crippen molar-refractivity contribution >= 4 is 35.1 Å². The van der Waals surface area contributed by atoms with Gasteiger partial charge >= 0.3 is 6.18 Å². The maximum atomic E-state index is 14.2. The Balaban J connectivity index is 1.25. The van der Waals surface area contributed by atoms with Gasteiger partial charge in [0, 0.05) is 24.3 Å². The summed E-state index contributed by atoms with van der Waals surface area (Å²) in [7, 11) is 0. The largest absolute Gasteiger partial charge is 0.417 e. The molecule has 0 amide bonds. The smallest absolute Gasteiger partial charge is 0.378 e. The van der Waals surface area contributed by atoms with Crippen molar-refractivity contribution in [2.45, 2.75) is 32.0 Å². The Morgan fingerprint density at radius 1 is 1.10 bits per heavy atom. The zero-order valence-corrected chi connectivity index (χ0v) is 22.2. The van der Waals surface area contributed by atoms with Gasteiger partial charge in [-0.3, -0.25) is 9.98 Å². The first-order valence-corrected chi connectivity index (χ1v) is 13.1. The molecule has 0 aliphatic carbocycles. The highest BCUT2D eigenvalue weighted by Crippen LogP contribution is 2.35. The van der Waals surface area contributed by atoms with Crippen molar-refractivity contribution in [3.63, 3.8) is 0 Å². The number of pyridine rings is 1. The normalized spacial score (nSPS) is 17.5. The van der Waals surface area contributed by atoms with Crippen LogP contribution in [0.25, 0.3) is 0 Å². The number of rotatable bonds is 8. The van der Waals surface area contributed by atoms with Crippen LogP contribution in [-0.2, 0) is 10.9 Å². The average Bonchev–Trinajstić information content (AvgIpc) is 2.99. The van der Waals surface area contributed by atoms with Gasteiger partial charge in [0.05, 0.1) is 60.5 Å². The molecule has 4 heterocycles. The third kappa shape index (κ3) is 7.04. The monoisotopic (exact) mass is 568 g/mol. The standard InChI is InChI=1S/C28H28F4N8O/c1-2-18-4-3-5-25(37-18)22-9-8-19(14-23(22)28(30,31)32)36-21-7-6-20(33-15-21)16-35-39-27-34-17-24(29)26(38-27)40-10-12-41-13-11-40/h3,5-9,14-18,36H,2,4,10-13H2,1H3,(H,34,38,39)/b35-16+. The topological polar surface area (TPSA) is 99.9 Å². The van der Waals surface area contributed by atoms with Gasteiger partial charge in [-0.25, -0.2) is 14.8 Å². The second-order valence-corrected chi connectivity index (χ2v) is 9.40. The summed E-state index contributed by atoms with van der Waals surface area (Å²) in [6, 6.07) is 7.39. The molecule has 1 atom stereocenters. The molecule has 5 rings (SSSR count). The van der Waals surface area contributed by atoms with Gasteiger partial charge in [-0.05, 0) is 43.2 Å². The maximum Gasteiger partial charge on any atom is 0.417 e. The lowest BCUT2D eigenvalue weighted by Crippen LogP contribution is -2.37. The first kappa shape index (κ1) is 28.1. The number of hydrogen-bond donors (Lipinski definition) is 2. The Bertz CT molecular complexity index is 1450. The number of benzene rings is 1.